The summed E-state index contributed by atoms with van der Waals surface area (Å²) >= 11 is 0. The second-order valence-corrected chi connectivity index (χ2v) is 4.89. The number of carbonyl (C=O) groups is 2. The van der Waals surface area contributed by atoms with E-state index in [2.05, 4.69) is 15.6 Å². The maximum absolute atomic E-state index is 12.2. The minimum absolute atomic E-state index is 0.0210. The predicted octanol–water partition coefficient (Wildman–Crippen LogP) is -0.103. The van der Waals surface area contributed by atoms with Gasteiger partial charge in [0.1, 0.15) is 0 Å². The molecule has 1 aromatic heterocycles. The van der Waals surface area contributed by atoms with Gasteiger partial charge < -0.3 is 15.5 Å². The molecule has 0 saturated carbocycles. The fourth-order valence-corrected chi connectivity index (χ4v) is 2.48. The lowest BCUT2D eigenvalue weighted by Crippen LogP contribution is -2.70. The van der Waals surface area contributed by atoms with Crippen molar-refractivity contribution in [3.8, 4) is 0 Å². The van der Waals surface area contributed by atoms with Crippen LogP contribution < -0.4 is 10.6 Å². The van der Waals surface area contributed by atoms with Crippen LogP contribution in [0.25, 0.3) is 0 Å². The molecule has 0 unspecified atom stereocenters. The van der Waals surface area contributed by atoms with Gasteiger partial charge in [-0.05, 0) is 19.1 Å². The quantitative estimate of drug-likeness (QED) is 0.726. The average molecular weight is 246 g/mol. The van der Waals surface area contributed by atoms with Crippen LogP contribution in [0.1, 0.15) is 16.1 Å². The van der Waals surface area contributed by atoms with Crippen LogP contribution in [-0.2, 0) is 0 Å². The molecule has 0 aromatic carbocycles. The Kier molecular flexibility index (Phi) is 2.26. The Bertz CT molecular complexity index is 523. The van der Waals surface area contributed by atoms with Crippen molar-refractivity contribution in [3.05, 3.63) is 29.6 Å². The van der Waals surface area contributed by atoms with Crippen molar-refractivity contribution < 1.29 is 9.59 Å². The van der Waals surface area contributed by atoms with E-state index in [0.717, 1.165) is 5.69 Å². The molecule has 3 heterocycles. The smallest absolute Gasteiger partial charge is 0.315 e. The van der Waals surface area contributed by atoms with Gasteiger partial charge in [-0.1, -0.05) is 0 Å². The van der Waals surface area contributed by atoms with E-state index in [0.29, 0.717) is 25.2 Å². The zero-order valence-corrected chi connectivity index (χ0v) is 10.1. The Morgan fingerprint density at radius 2 is 2.28 bits per heavy atom. The molecule has 0 bridgehead atoms. The molecule has 1 spiro atoms. The number of nitrogens with zero attached hydrogens (tertiary/aromatic N) is 2. The maximum atomic E-state index is 12.2. The van der Waals surface area contributed by atoms with E-state index >= 15 is 0 Å². The number of carbonyl (C=O) groups excluding carboxylic acids is 2. The number of likely N-dealkylation sites (tertiary alicyclic amines) is 1. The minimum Gasteiger partial charge on any atom is -0.336 e. The van der Waals surface area contributed by atoms with Crippen molar-refractivity contribution in [1.29, 1.82) is 0 Å². The summed E-state index contributed by atoms with van der Waals surface area (Å²) in [5, 5.41) is 5.58. The largest absolute Gasteiger partial charge is 0.336 e. The van der Waals surface area contributed by atoms with E-state index in [1.165, 1.54) is 0 Å². The first-order valence-electron chi connectivity index (χ1n) is 5.87. The van der Waals surface area contributed by atoms with Crippen LogP contribution in [0.3, 0.4) is 0 Å². The van der Waals surface area contributed by atoms with E-state index in [-0.39, 0.29) is 17.5 Å². The highest BCUT2D eigenvalue weighted by Crippen LogP contribution is 2.25. The molecule has 94 valence electrons. The summed E-state index contributed by atoms with van der Waals surface area (Å²) in [5.41, 5.74) is 1.10. The average Bonchev–Trinajstić information content (AvgIpc) is 2.69. The van der Waals surface area contributed by atoms with E-state index in [1.54, 1.807) is 23.2 Å². The van der Waals surface area contributed by atoms with E-state index in [4.69, 9.17) is 0 Å². The molecule has 6 nitrogen and oxygen atoms in total. The number of rotatable bonds is 1. The summed E-state index contributed by atoms with van der Waals surface area (Å²) in [6, 6.07) is 3.38. The first kappa shape index (κ1) is 11.0. The van der Waals surface area contributed by atoms with Crippen LogP contribution in [0.5, 0.6) is 0 Å². The second-order valence-electron chi connectivity index (χ2n) is 4.89. The zero-order valence-electron chi connectivity index (χ0n) is 10.1. The number of aryl methyl sites for hydroxylation is 1. The van der Waals surface area contributed by atoms with Gasteiger partial charge in [-0.25, -0.2) is 4.79 Å². The van der Waals surface area contributed by atoms with Crippen LogP contribution in [0.2, 0.25) is 0 Å². The zero-order chi connectivity index (χ0) is 12.8. The van der Waals surface area contributed by atoms with Gasteiger partial charge in [0.25, 0.3) is 5.91 Å². The number of nitrogens with one attached hydrogen (secondary N) is 2. The van der Waals surface area contributed by atoms with Gasteiger partial charge in [0.05, 0.1) is 11.1 Å². The van der Waals surface area contributed by atoms with Crippen LogP contribution in [0, 0.1) is 6.92 Å². The Labute approximate surface area is 104 Å². The van der Waals surface area contributed by atoms with E-state index < -0.39 is 0 Å². The standard InChI is InChI=1S/C12H14N4O2/c1-8-9(3-2-4-13-8)10(17)16-6-12(7-16)5-14-11(18)15-12/h2-4H,5-7H2,1H3,(H2,14,15,18). The number of hydrogen-bond donors (Lipinski definition) is 2. The lowest BCUT2D eigenvalue weighted by molar-refractivity contribution is 0.0396. The highest BCUT2D eigenvalue weighted by Gasteiger charge is 2.49. The van der Waals surface area contributed by atoms with Crippen LogP contribution >= 0.6 is 0 Å². The van der Waals surface area contributed by atoms with Crippen molar-refractivity contribution in [2.45, 2.75) is 12.5 Å². The molecule has 0 atom stereocenters. The Morgan fingerprint density at radius 1 is 1.50 bits per heavy atom. The second kappa shape index (κ2) is 3.69. The van der Waals surface area contributed by atoms with Crippen molar-refractivity contribution >= 4 is 11.9 Å². The third-order valence-corrected chi connectivity index (χ3v) is 3.48. The molecule has 0 aliphatic carbocycles. The number of urea groups is 1. The molecule has 0 radical (unpaired) electrons. The summed E-state index contributed by atoms with van der Waals surface area (Å²) in [5.74, 6) is -0.0210. The van der Waals surface area contributed by atoms with E-state index in [1.807, 2.05) is 6.92 Å². The van der Waals surface area contributed by atoms with Gasteiger partial charge in [-0.2, -0.15) is 0 Å². The number of pyridine rings is 1. The highest BCUT2D eigenvalue weighted by atomic mass is 16.2. The van der Waals surface area contributed by atoms with Crippen molar-refractivity contribution in [2.24, 2.45) is 0 Å². The van der Waals surface area contributed by atoms with Crippen molar-refractivity contribution in [3.63, 3.8) is 0 Å². The summed E-state index contributed by atoms with van der Waals surface area (Å²) in [7, 11) is 0. The molecule has 3 rings (SSSR count). The normalized spacial score (nSPS) is 20.3. The monoisotopic (exact) mass is 246 g/mol. The van der Waals surface area contributed by atoms with Gasteiger partial charge in [-0.15, -0.1) is 0 Å². The summed E-state index contributed by atoms with van der Waals surface area (Å²) in [6.07, 6.45) is 1.67. The third kappa shape index (κ3) is 1.61. The van der Waals surface area contributed by atoms with Gasteiger partial charge >= 0.3 is 6.03 Å². The fraction of sp³-hybridized carbons (Fsp3) is 0.417. The Balaban J connectivity index is 1.70. The Morgan fingerprint density at radius 3 is 2.89 bits per heavy atom. The van der Waals surface area contributed by atoms with Crippen LogP contribution in [-0.4, -0.2) is 47.0 Å². The topological polar surface area (TPSA) is 74.3 Å². The summed E-state index contributed by atoms with van der Waals surface area (Å²) < 4.78 is 0. The fourth-order valence-electron chi connectivity index (χ4n) is 2.48. The summed E-state index contributed by atoms with van der Waals surface area (Å²) in [6.45, 7) is 3.52. The molecular weight excluding hydrogens is 232 g/mol. The molecule has 2 saturated heterocycles. The molecule has 6 heteroatoms. The Hall–Kier alpha value is -2.11. The molecule has 2 aliphatic rings. The lowest BCUT2D eigenvalue weighted by atomic mass is 9.90. The molecule has 2 N–H and O–H groups in total. The first-order valence-corrected chi connectivity index (χ1v) is 5.87. The maximum Gasteiger partial charge on any atom is 0.315 e. The minimum atomic E-state index is -0.261. The molecule has 18 heavy (non-hydrogen) atoms. The van der Waals surface area contributed by atoms with Gasteiger partial charge in [0.15, 0.2) is 0 Å². The molecule has 1 aromatic rings. The first-order chi connectivity index (χ1) is 8.60. The van der Waals surface area contributed by atoms with Crippen molar-refractivity contribution in [2.75, 3.05) is 19.6 Å². The van der Waals surface area contributed by atoms with Gasteiger partial charge in [0, 0.05) is 31.5 Å². The summed E-state index contributed by atoms with van der Waals surface area (Å²) in [4.78, 5) is 29.2. The molecular formula is C12H14N4O2. The van der Waals surface area contributed by atoms with Gasteiger partial charge in [-0.3, -0.25) is 9.78 Å². The van der Waals surface area contributed by atoms with Crippen LogP contribution in [0.15, 0.2) is 18.3 Å². The van der Waals surface area contributed by atoms with E-state index in [9.17, 15) is 9.59 Å². The number of aromatic nitrogens is 1. The molecule has 3 amide bonds. The molecule has 2 fully saturated rings. The van der Waals surface area contributed by atoms with Crippen LogP contribution in [0.4, 0.5) is 4.79 Å². The highest BCUT2D eigenvalue weighted by molar-refractivity contribution is 5.96. The molecule has 2 aliphatic heterocycles. The SMILES string of the molecule is Cc1ncccc1C(=O)N1CC2(CNC(=O)N2)C1. The predicted molar refractivity (Wildman–Crippen MR) is 64.1 cm³/mol. The lowest BCUT2D eigenvalue weighted by Gasteiger charge is -2.46. The van der Waals surface area contributed by atoms with Gasteiger partial charge in [0.2, 0.25) is 0 Å². The van der Waals surface area contributed by atoms with Crippen molar-refractivity contribution in [1.82, 2.24) is 20.5 Å². The number of amides is 3. The third-order valence-electron chi connectivity index (χ3n) is 3.48. The number of hydrogen-bond acceptors (Lipinski definition) is 3.